The van der Waals surface area contributed by atoms with Crippen LogP contribution in [0, 0.1) is 5.92 Å². The predicted molar refractivity (Wildman–Crippen MR) is 97.4 cm³/mol. The van der Waals surface area contributed by atoms with Crippen LogP contribution in [0.4, 0.5) is 0 Å². The molecule has 2 saturated heterocycles. The molecule has 1 amide bonds. The van der Waals surface area contributed by atoms with E-state index in [4.69, 9.17) is 0 Å². The summed E-state index contributed by atoms with van der Waals surface area (Å²) in [5.74, 6) is 2.93. The third kappa shape index (κ3) is 3.64. The predicted octanol–water partition coefficient (Wildman–Crippen LogP) is 1.28. The highest BCUT2D eigenvalue weighted by molar-refractivity contribution is 5.79. The highest BCUT2D eigenvalue weighted by Crippen LogP contribution is 2.32. The molecule has 1 saturated carbocycles. The molecule has 7 nitrogen and oxygen atoms in total. The summed E-state index contributed by atoms with van der Waals surface area (Å²) in [5, 5.41) is 18.6. The van der Waals surface area contributed by atoms with Crippen LogP contribution in [0.1, 0.15) is 62.5 Å². The molecule has 7 heteroatoms. The molecule has 0 unspecified atom stereocenters. The molecule has 2 aliphatic heterocycles. The van der Waals surface area contributed by atoms with Crippen molar-refractivity contribution >= 4 is 5.91 Å². The smallest absolute Gasteiger partial charge is 0.225 e. The van der Waals surface area contributed by atoms with E-state index in [0.29, 0.717) is 11.8 Å². The molecule has 144 valence electrons. The Morgan fingerprint density at radius 1 is 1.08 bits per heavy atom. The molecule has 1 aromatic heterocycles. The Morgan fingerprint density at radius 2 is 1.85 bits per heavy atom. The fourth-order valence-electron chi connectivity index (χ4n) is 4.45. The van der Waals surface area contributed by atoms with Crippen LogP contribution in [0.5, 0.6) is 0 Å². The first-order valence-corrected chi connectivity index (χ1v) is 10.2. The van der Waals surface area contributed by atoms with E-state index in [1.54, 1.807) is 0 Å². The molecule has 1 atom stereocenters. The average molecular weight is 361 g/mol. The van der Waals surface area contributed by atoms with Gasteiger partial charge in [-0.2, -0.15) is 0 Å². The number of aliphatic hydroxyl groups excluding tert-OH is 1. The van der Waals surface area contributed by atoms with Gasteiger partial charge in [0.25, 0.3) is 0 Å². The molecule has 0 bridgehead atoms. The van der Waals surface area contributed by atoms with E-state index in [-0.39, 0.29) is 12.0 Å². The maximum Gasteiger partial charge on any atom is 0.225 e. The van der Waals surface area contributed by atoms with Gasteiger partial charge in [0.15, 0.2) is 0 Å². The summed E-state index contributed by atoms with van der Waals surface area (Å²) in [4.78, 5) is 17.0. The fraction of sp³-hybridized carbons (Fsp3) is 0.842. The SMILES string of the molecule is Cn1c(CN2CCC(O)CC2)nnc1[C@@H]1CCCN(C(=O)C2CCC2)C1. The molecule has 0 radical (unpaired) electrons. The van der Waals surface area contributed by atoms with Crippen LogP contribution in [0.2, 0.25) is 0 Å². The lowest BCUT2D eigenvalue weighted by Crippen LogP contribution is -2.44. The minimum Gasteiger partial charge on any atom is -0.393 e. The number of carbonyl (C=O) groups is 1. The molecule has 3 aliphatic rings. The van der Waals surface area contributed by atoms with Crippen molar-refractivity contribution in [1.82, 2.24) is 24.6 Å². The molecule has 4 rings (SSSR count). The molecule has 0 spiro atoms. The number of likely N-dealkylation sites (tertiary alicyclic amines) is 2. The second-order valence-electron chi connectivity index (χ2n) is 8.29. The first-order chi connectivity index (χ1) is 12.6. The first-order valence-electron chi connectivity index (χ1n) is 10.2. The lowest BCUT2D eigenvalue weighted by Gasteiger charge is -2.37. The zero-order valence-corrected chi connectivity index (χ0v) is 15.8. The summed E-state index contributed by atoms with van der Waals surface area (Å²) in [6, 6.07) is 0. The Labute approximate surface area is 155 Å². The number of hydrogen-bond acceptors (Lipinski definition) is 5. The van der Waals surface area contributed by atoms with Gasteiger partial charge >= 0.3 is 0 Å². The number of carbonyl (C=O) groups excluding carboxylic acids is 1. The zero-order chi connectivity index (χ0) is 18.1. The highest BCUT2D eigenvalue weighted by atomic mass is 16.3. The van der Waals surface area contributed by atoms with Gasteiger partial charge in [-0.05, 0) is 38.5 Å². The number of nitrogens with zero attached hydrogens (tertiary/aromatic N) is 5. The van der Waals surface area contributed by atoms with Crippen LogP contribution in [0.15, 0.2) is 0 Å². The average Bonchev–Trinajstić information content (AvgIpc) is 2.96. The van der Waals surface area contributed by atoms with Crippen molar-refractivity contribution in [2.24, 2.45) is 13.0 Å². The monoisotopic (exact) mass is 361 g/mol. The molecular formula is C19H31N5O2. The summed E-state index contributed by atoms with van der Waals surface area (Å²) in [6.07, 6.45) is 7.00. The maximum absolute atomic E-state index is 12.6. The molecule has 3 fully saturated rings. The van der Waals surface area contributed by atoms with Gasteiger partial charge in [0.2, 0.25) is 5.91 Å². The normalized spacial score (nSPS) is 26.1. The summed E-state index contributed by atoms with van der Waals surface area (Å²) < 4.78 is 2.13. The minimum absolute atomic E-state index is 0.150. The van der Waals surface area contributed by atoms with Gasteiger partial charge in [0, 0.05) is 45.1 Å². The van der Waals surface area contributed by atoms with E-state index in [2.05, 4.69) is 31.6 Å². The standard InChI is InChI=1S/C19H31N5O2/c1-22-17(13-23-10-7-16(25)8-11-23)20-21-18(22)15-6-3-9-24(12-15)19(26)14-4-2-5-14/h14-16,25H,2-13H2,1H3/t15-/m1/s1. The van der Waals surface area contributed by atoms with Gasteiger partial charge in [-0.25, -0.2) is 0 Å². The van der Waals surface area contributed by atoms with E-state index in [9.17, 15) is 9.90 Å². The lowest BCUT2D eigenvalue weighted by atomic mass is 9.83. The molecule has 1 N–H and O–H groups in total. The minimum atomic E-state index is -0.150. The molecule has 0 aromatic carbocycles. The van der Waals surface area contributed by atoms with Crippen molar-refractivity contribution in [3.05, 3.63) is 11.6 Å². The second-order valence-corrected chi connectivity index (χ2v) is 8.29. The Morgan fingerprint density at radius 3 is 2.54 bits per heavy atom. The van der Waals surface area contributed by atoms with Gasteiger partial charge in [0.05, 0.1) is 12.6 Å². The van der Waals surface area contributed by atoms with Crippen molar-refractivity contribution in [2.45, 2.75) is 63.5 Å². The number of rotatable bonds is 4. The number of hydrogen-bond donors (Lipinski definition) is 1. The van der Waals surface area contributed by atoms with E-state index >= 15 is 0 Å². The van der Waals surface area contributed by atoms with Crippen molar-refractivity contribution in [3.63, 3.8) is 0 Å². The van der Waals surface area contributed by atoms with E-state index < -0.39 is 0 Å². The molecule has 26 heavy (non-hydrogen) atoms. The van der Waals surface area contributed by atoms with E-state index in [0.717, 1.165) is 82.9 Å². The number of aliphatic hydroxyl groups is 1. The number of piperidine rings is 2. The maximum atomic E-state index is 12.6. The largest absolute Gasteiger partial charge is 0.393 e. The van der Waals surface area contributed by atoms with Gasteiger partial charge in [-0.15, -0.1) is 10.2 Å². The molecule has 3 heterocycles. The van der Waals surface area contributed by atoms with Crippen LogP contribution in [0.3, 0.4) is 0 Å². The third-order valence-electron chi connectivity index (χ3n) is 6.47. The molecule has 1 aromatic rings. The highest BCUT2D eigenvalue weighted by Gasteiger charge is 2.34. The number of aromatic nitrogens is 3. The second kappa shape index (κ2) is 7.64. The fourth-order valence-corrected chi connectivity index (χ4v) is 4.45. The van der Waals surface area contributed by atoms with Crippen LogP contribution in [-0.4, -0.2) is 67.9 Å². The zero-order valence-electron chi connectivity index (χ0n) is 15.8. The molecular weight excluding hydrogens is 330 g/mol. The van der Waals surface area contributed by atoms with Crippen molar-refractivity contribution < 1.29 is 9.90 Å². The van der Waals surface area contributed by atoms with Crippen molar-refractivity contribution in [1.29, 1.82) is 0 Å². The molecule has 1 aliphatic carbocycles. The Balaban J connectivity index is 1.39. The quantitative estimate of drug-likeness (QED) is 0.874. The van der Waals surface area contributed by atoms with E-state index in [1.165, 1.54) is 6.42 Å². The van der Waals surface area contributed by atoms with Crippen molar-refractivity contribution in [2.75, 3.05) is 26.2 Å². The van der Waals surface area contributed by atoms with Crippen LogP contribution in [0.25, 0.3) is 0 Å². The third-order valence-corrected chi connectivity index (χ3v) is 6.47. The van der Waals surface area contributed by atoms with Crippen LogP contribution in [-0.2, 0) is 18.4 Å². The summed E-state index contributed by atoms with van der Waals surface area (Å²) in [7, 11) is 2.05. The van der Waals surface area contributed by atoms with Gasteiger partial charge in [-0.3, -0.25) is 9.69 Å². The topological polar surface area (TPSA) is 74.5 Å². The summed E-state index contributed by atoms with van der Waals surface area (Å²) >= 11 is 0. The van der Waals surface area contributed by atoms with Crippen LogP contribution < -0.4 is 0 Å². The van der Waals surface area contributed by atoms with Crippen LogP contribution >= 0.6 is 0 Å². The van der Waals surface area contributed by atoms with E-state index in [1.807, 2.05) is 0 Å². The Bertz CT molecular complexity index is 634. The van der Waals surface area contributed by atoms with Gasteiger partial charge in [0.1, 0.15) is 11.6 Å². The van der Waals surface area contributed by atoms with Crippen molar-refractivity contribution in [3.8, 4) is 0 Å². The lowest BCUT2D eigenvalue weighted by molar-refractivity contribution is -0.139. The first kappa shape index (κ1) is 17.9. The summed E-state index contributed by atoms with van der Waals surface area (Å²) in [6.45, 7) is 4.30. The number of amides is 1. The van der Waals surface area contributed by atoms with Gasteiger partial charge in [-0.1, -0.05) is 6.42 Å². The van der Waals surface area contributed by atoms with Gasteiger partial charge < -0.3 is 14.6 Å². The Kier molecular flexibility index (Phi) is 5.27. The summed E-state index contributed by atoms with van der Waals surface area (Å²) in [5.41, 5.74) is 0. The Hall–Kier alpha value is -1.47.